The third-order valence-corrected chi connectivity index (χ3v) is 3.71. The number of carbonyl (C=O) groups is 2. The Labute approximate surface area is 135 Å². The van der Waals surface area contributed by atoms with E-state index in [4.69, 9.17) is 19.9 Å². The van der Waals surface area contributed by atoms with Crippen molar-refractivity contribution in [3.63, 3.8) is 0 Å². The van der Waals surface area contributed by atoms with Gasteiger partial charge in [-0.05, 0) is 43.9 Å². The quantitative estimate of drug-likeness (QED) is 0.396. The average molecular weight is 321 g/mol. The third kappa shape index (κ3) is 5.04. The van der Waals surface area contributed by atoms with Crippen molar-refractivity contribution < 1.29 is 23.8 Å². The Hall–Kier alpha value is -1.92. The number of nitrogens with two attached hydrogens (primary N) is 1. The molecule has 1 aliphatic rings. The molecular formula is C17H23NO5. The van der Waals surface area contributed by atoms with E-state index in [1.54, 1.807) is 6.92 Å². The molecule has 0 spiro atoms. The van der Waals surface area contributed by atoms with Gasteiger partial charge in [0.25, 0.3) is 0 Å². The minimum Gasteiger partial charge on any atom is -0.490 e. The zero-order chi connectivity index (χ0) is 16.7. The van der Waals surface area contributed by atoms with Crippen LogP contribution in [0.5, 0.6) is 5.75 Å². The smallest absolute Gasteiger partial charge is 0.344 e. The molecule has 2 unspecified atom stereocenters. The van der Waals surface area contributed by atoms with Gasteiger partial charge in [0.15, 0.2) is 0 Å². The van der Waals surface area contributed by atoms with Crippen LogP contribution in [0.15, 0.2) is 24.3 Å². The number of ether oxygens (including phenoxy) is 3. The van der Waals surface area contributed by atoms with E-state index in [0.717, 1.165) is 24.7 Å². The van der Waals surface area contributed by atoms with Crippen molar-refractivity contribution in [2.24, 2.45) is 5.73 Å². The predicted molar refractivity (Wildman–Crippen MR) is 84.2 cm³/mol. The van der Waals surface area contributed by atoms with Crippen molar-refractivity contribution in [2.45, 2.75) is 37.8 Å². The van der Waals surface area contributed by atoms with Crippen LogP contribution in [0.4, 0.5) is 0 Å². The van der Waals surface area contributed by atoms with Crippen LogP contribution in [0.1, 0.15) is 25.3 Å². The zero-order valence-corrected chi connectivity index (χ0v) is 13.3. The number of rotatable bonds is 10. The lowest BCUT2D eigenvalue weighted by molar-refractivity contribution is -0.150. The highest BCUT2D eigenvalue weighted by atomic mass is 16.7. The summed E-state index contributed by atoms with van der Waals surface area (Å²) >= 11 is 0. The number of benzene rings is 1. The van der Waals surface area contributed by atoms with Crippen LogP contribution in [0.2, 0.25) is 0 Å². The standard InChI is InChI=1S/C17H23NO5/c1-2-21-16(20)17(12-23-17)11-22-15-8-6-13(7-9-15)4-3-5-14(18)10-19/h6-10,14H,2-5,11-12,18H2,1H3. The van der Waals surface area contributed by atoms with Gasteiger partial charge >= 0.3 is 5.97 Å². The first-order valence-corrected chi connectivity index (χ1v) is 7.83. The lowest BCUT2D eigenvalue weighted by atomic mass is 10.1. The molecule has 6 nitrogen and oxygen atoms in total. The molecule has 0 aromatic heterocycles. The molecule has 0 saturated carbocycles. The number of esters is 1. The first-order chi connectivity index (χ1) is 11.1. The summed E-state index contributed by atoms with van der Waals surface area (Å²) in [6.07, 6.45) is 3.18. The second-order valence-electron chi connectivity index (χ2n) is 5.63. The number of hydrogen-bond acceptors (Lipinski definition) is 6. The highest BCUT2D eigenvalue weighted by molar-refractivity contribution is 5.82. The van der Waals surface area contributed by atoms with E-state index in [9.17, 15) is 9.59 Å². The van der Waals surface area contributed by atoms with E-state index < -0.39 is 5.60 Å². The molecule has 126 valence electrons. The molecule has 0 amide bonds. The molecule has 1 aromatic carbocycles. The van der Waals surface area contributed by atoms with Gasteiger partial charge in [-0.3, -0.25) is 0 Å². The molecule has 2 rings (SSSR count). The van der Waals surface area contributed by atoms with Crippen LogP contribution in [0.25, 0.3) is 0 Å². The first kappa shape index (κ1) is 17.4. The van der Waals surface area contributed by atoms with Crippen molar-refractivity contribution in [3.8, 4) is 5.75 Å². The van der Waals surface area contributed by atoms with Gasteiger partial charge in [0, 0.05) is 0 Å². The number of aryl methyl sites for hydroxylation is 1. The molecule has 6 heteroatoms. The van der Waals surface area contributed by atoms with E-state index in [2.05, 4.69) is 0 Å². The summed E-state index contributed by atoms with van der Waals surface area (Å²) in [6.45, 7) is 2.57. The van der Waals surface area contributed by atoms with Crippen LogP contribution >= 0.6 is 0 Å². The predicted octanol–water partition coefficient (Wildman–Crippen LogP) is 1.25. The molecule has 0 bridgehead atoms. The van der Waals surface area contributed by atoms with E-state index in [-0.39, 0.29) is 18.6 Å². The Bertz CT molecular complexity index is 524. The lowest BCUT2D eigenvalue weighted by Crippen LogP contribution is -2.33. The number of hydrogen-bond donors (Lipinski definition) is 1. The van der Waals surface area contributed by atoms with Gasteiger partial charge in [0.2, 0.25) is 5.60 Å². The monoisotopic (exact) mass is 321 g/mol. The Kier molecular flexibility index (Phi) is 6.12. The van der Waals surface area contributed by atoms with Crippen LogP contribution in [-0.2, 0) is 25.5 Å². The summed E-state index contributed by atoms with van der Waals surface area (Å²) in [5.41, 5.74) is 5.78. The highest BCUT2D eigenvalue weighted by Gasteiger charge is 2.55. The minimum atomic E-state index is -0.931. The molecule has 2 N–H and O–H groups in total. The summed E-state index contributed by atoms with van der Waals surface area (Å²) in [4.78, 5) is 22.2. The second kappa shape index (κ2) is 8.08. The van der Waals surface area contributed by atoms with Crippen molar-refractivity contribution in [2.75, 3.05) is 19.8 Å². The van der Waals surface area contributed by atoms with Gasteiger partial charge in [0.05, 0.1) is 19.3 Å². The molecule has 1 saturated heterocycles. The topological polar surface area (TPSA) is 91.2 Å². The maximum absolute atomic E-state index is 11.7. The molecule has 1 fully saturated rings. The lowest BCUT2D eigenvalue weighted by Gasteiger charge is -2.12. The van der Waals surface area contributed by atoms with Gasteiger partial charge in [-0.1, -0.05) is 12.1 Å². The zero-order valence-electron chi connectivity index (χ0n) is 13.3. The molecule has 1 aliphatic heterocycles. The fourth-order valence-electron chi connectivity index (χ4n) is 2.17. The fourth-order valence-corrected chi connectivity index (χ4v) is 2.17. The van der Waals surface area contributed by atoms with E-state index in [1.807, 2.05) is 24.3 Å². The highest BCUT2D eigenvalue weighted by Crippen LogP contribution is 2.29. The Morgan fingerprint density at radius 1 is 1.43 bits per heavy atom. The molecule has 0 aliphatic carbocycles. The normalized spacial score (nSPS) is 20.6. The number of carbonyl (C=O) groups excluding carboxylic acids is 2. The number of aldehydes is 1. The Morgan fingerprint density at radius 3 is 2.70 bits per heavy atom. The molecule has 1 aromatic rings. The van der Waals surface area contributed by atoms with Crippen molar-refractivity contribution in [1.82, 2.24) is 0 Å². The van der Waals surface area contributed by atoms with E-state index in [0.29, 0.717) is 25.4 Å². The summed E-state index contributed by atoms with van der Waals surface area (Å²) in [5.74, 6) is 0.306. The third-order valence-electron chi connectivity index (χ3n) is 3.71. The van der Waals surface area contributed by atoms with Crippen LogP contribution in [0, 0.1) is 0 Å². The van der Waals surface area contributed by atoms with Crippen molar-refractivity contribution >= 4 is 12.3 Å². The molecule has 0 radical (unpaired) electrons. The summed E-state index contributed by atoms with van der Waals surface area (Å²) in [5, 5.41) is 0. The van der Waals surface area contributed by atoms with Crippen molar-refractivity contribution in [3.05, 3.63) is 29.8 Å². The number of epoxide rings is 1. The fraction of sp³-hybridized carbons (Fsp3) is 0.529. The van der Waals surface area contributed by atoms with Gasteiger partial charge in [0.1, 0.15) is 18.6 Å². The molecule has 23 heavy (non-hydrogen) atoms. The van der Waals surface area contributed by atoms with Gasteiger partial charge in [-0.25, -0.2) is 4.79 Å². The molecule has 1 heterocycles. The SMILES string of the molecule is CCOC(=O)C1(COc2ccc(CCCC(N)C=O)cc2)CO1. The summed E-state index contributed by atoms with van der Waals surface area (Å²) in [6, 6.07) is 7.26. The van der Waals surface area contributed by atoms with Gasteiger partial charge in [-0.2, -0.15) is 0 Å². The van der Waals surface area contributed by atoms with Gasteiger partial charge in [-0.15, -0.1) is 0 Å². The summed E-state index contributed by atoms with van der Waals surface area (Å²) < 4.78 is 15.8. The maximum Gasteiger partial charge on any atom is 0.344 e. The van der Waals surface area contributed by atoms with Crippen molar-refractivity contribution in [1.29, 1.82) is 0 Å². The Morgan fingerprint density at radius 2 is 2.13 bits per heavy atom. The van der Waals surface area contributed by atoms with Crippen LogP contribution in [0.3, 0.4) is 0 Å². The van der Waals surface area contributed by atoms with E-state index in [1.165, 1.54) is 0 Å². The Balaban J connectivity index is 1.77. The second-order valence-corrected chi connectivity index (χ2v) is 5.63. The molecular weight excluding hydrogens is 298 g/mol. The largest absolute Gasteiger partial charge is 0.490 e. The minimum absolute atomic E-state index is 0.152. The summed E-state index contributed by atoms with van der Waals surface area (Å²) in [7, 11) is 0. The maximum atomic E-state index is 11.7. The first-order valence-electron chi connectivity index (χ1n) is 7.83. The van der Waals surface area contributed by atoms with Crippen LogP contribution < -0.4 is 10.5 Å². The van der Waals surface area contributed by atoms with Gasteiger partial charge < -0.3 is 24.7 Å². The van der Waals surface area contributed by atoms with Crippen LogP contribution in [-0.4, -0.2) is 43.7 Å². The molecule has 2 atom stereocenters. The average Bonchev–Trinajstić information content (AvgIpc) is 3.35. The van der Waals surface area contributed by atoms with E-state index >= 15 is 0 Å².